The van der Waals surface area contributed by atoms with E-state index in [-0.39, 0.29) is 24.5 Å². The van der Waals surface area contributed by atoms with Crippen LogP contribution in [0.25, 0.3) is 0 Å². The molecule has 0 saturated carbocycles. The summed E-state index contributed by atoms with van der Waals surface area (Å²) < 4.78 is 9.82. The standard InChI is InChI=1S/C12H14BrNO5/c1-3-19-12(15)6-8-4-10(14(16)17)11(18-2)5-9(8)7-13/h4-5H,3,6-7H2,1-2H3. The summed E-state index contributed by atoms with van der Waals surface area (Å²) in [5.74, 6) is -0.240. The van der Waals surface area contributed by atoms with Gasteiger partial charge in [-0.05, 0) is 24.1 Å². The van der Waals surface area contributed by atoms with E-state index in [1.807, 2.05) is 0 Å². The van der Waals surface area contributed by atoms with Crippen molar-refractivity contribution in [1.29, 1.82) is 0 Å². The predicted molar refractivity (Wildman–Crippen MR) is 72.6 cm³/mol. The zero-order chi connectivity index (χ0) is 14.4. The Kier molecular flexibility index (Phi) is 5.75. The van der Waals surface area contributed by atoms with Crippen LogP contribution in [0.5, 0.6) is 5.75 Å². The quantitative estimate of drug-likeness (QED) is 0.346. The van der Waals surface area contributed by atoms with E-state index in [0.717, 1.165) is 5.56 Å². The average Bonchev–Trinajstić information content (AvgIpc) is 2.38. The fourth-order valence-electron chi connectivity index (χ4n) is 1.62. The molecule has 0 unspecified atom stereocenters. The van der Waals surface area contributed by atoms with Crippen LogP contribution < -0.4 is 4.74 Å². The minimum absolute atomic E-state index is 0.000389. The van der Waals surface area contributed by atoms with Gasteiger partial charge in [0.1, 0.15) is 0 Å². The number of nitrogens with zero attached hydrogens (tertiary/aromatic N) is 1. The molecule has 6 nitrogen and oxygen atoms in total. The van der Waals surface area contributed by atoms with Gasteiger partial charge in [0.2, 0.25) is 0 Å². The number of rotatable bonds is 6. The molecule has 0 amide bonds. The van der Waals surface area contributed by atoms with Crippen molar-refractivity contribution in [3.05, 3.63) is 33.4 Å². The van der Waals surface area contributed by atoms with Gasteiger partial charge in [0.05, 0.1) is 25.1 Å². The van der Waals surface area contributed by atoms with E-state index in [2.05, 4.69) is 15.9 Å². The number of benzene rings is 1. The van der Waals surface area contributed by atoms with Crippen LogP contribution in [-0.2, 0) is 21.3 Å². The molecule has 0 spiro atoms. The van der Waals surface area contributed by atoms with E-state index in [1.165, 1.54) is 13.2 Å². The molecule has 0 aliphatic carbocycles. The smallest absolute Gasteiger partial charge is 0.311 e. The molecule has 104 valence electrons. The number of carbonyl (C=O) groups is 1. The molecule has 0 N–H and O–H groups in total. The Morgan fingerprint density at radius 2 is 2.11 bits per heavy atom. The fraction of sp³-hybridized carbons (Fsp3) is 0.417. The third kappa shape index (κ3) is 3.92. The van der Waals surface area contributed by atoms with Crippen LogP contribution in [0.3, 0.4) is 0 Å². The number of methoxy groups -OCH3 is 1. The Bertz CT molecular complexity index is 489. The lowest BCUT2D eigenvalue weighted by atomic mass is 10.0. The first-order valence-corrected chi connectivity index (χ1v) is 6.71. The lowest BCUT2D eigenvalue weighted by Gasteiger charge is -2.10. The van der Waals surface area contributed by atoms with E-state index in [0.29, 0.717) is 10.9 Å². The minimum Gasteiger partial charge on any atom is -0.490 e. The Balaban J connectivity index is 3.18. The topological polar surface area (TPSA) is 78.7 Å². The number of hydrogen-bond acceptors (Lipinski definition) is 5. The van der Waals surface area contributed by atoms with Crippen LogP contribution in [0.4, 0.5) is 5.69 Å². The van der Waals surface area contributed by atoms with E-state index < -0.39 is 10.9 Å². The van der Waals surface area contributed by atoms with Crippen molar-refractivity contribution in [3.8, 4) is 5.75 Å². The second kappa shape index (κ2) is 7.08. The highest BCUT2D eigenvalue weighted by Crippen LogP contribution is 2.31. The summed E-state index contributed by atoms with van der Waals surface area (Å²) in [6.07, 6.45) is -0.000389. The van der Waals surface area contributed by atoms with Crippen LogP contribution in [0.15, 0.2) is 12.1 Å². The predicted octanol–water partition coefficient (Wildman–Crippen LogP) is 2.60. The second-order valence-electron chi connectivity index (χ2n) is 3.67. The van der Waals surface area contributed by atoms with E-state index in [9.17, 15) is 14.9 Å². The van der Waals surface area contributed by atoms with Gasteiger partial charge in [0.25, 0.3) is 0 Å². The Morgan fingerprint density at radius 1 is 1.42 bits per heavy atom. The van der Waals surface area contributed by atoms with Crippen molar-refractivity contribution >= 4 is 27.6 Å². The molecule has 0 aliphatic heterocycles. The van der Waals surface area contributed by atoms with E-state index in [1.54, 1.807) is 13.0 Å². The molecular weight excluding hydrogens is 318 g/mol. The largest absolute Gasteiger partial charge is 0.490 e. The van der Waals surface area contributed by atoms with Crippen molar-refractivity contribution in [1.82, 2.24) is 0 Å². The van der Waals surface area contributed by atoms with Gasteiger partial charge in [0.15, 0.2) is 5.75 Å². The molecule has 0 saturated heterocycles. The van der Waals surface area contributed by atoms with Gasteiger partial charge in [0, 0.05) is 11.4 Å². The van der Waals surface area contributed by atoms with Gasteiger partial charge >= 0.3 is 11.7 Å². The molecule has 1 aromatic carbocycles. The molecule has 7 heteroatoms. The number of nitro groups is 1. The first-order valence-electron chi connectivity index (χ1n) is 5.59. The van der Waals surface area contributed by atoms with Crippen LogP contribution in [0.2, 0.25) is 0 Å². The van der Waals surface area contributed by atoms with Crippen LogP contribution in [0, 0.1) is 10.1 Å². The summed E-state index contributed by atoms with van der Waals surface area (Å²) >= 11 is 3.28. The fourth-order valence-corrected chi connectivity index (χ4v) is 2.14. The summed E-state index contributed by atoms with van der Waals surface area (Å²) in [6, 6.07) is 2.91. The molecule has 0 fully saturated rings. The van der Waals surface area contributed by atoms with Crippen molar-refractivity contribution in [2.45, 2.75) is 18.7 Å². The maximum atomic E-state index is 11.5. The first-order chi connectivity index (χ1) is 9.03. The summed E-state index contributed by atoms with van der Waals surface area (Å²) in [7, 11) is 1.37. The summed E-state index contributed by atoms with van der Waals surface area (Å²) in [5.41, 5.74) is 1.16. The Labute approximate surface area is 119 Å². The maximum Gasteiger partial charge on any atom is 0.311 e. The number of carbonyl (C=O) groups excluding carboxylic acids is 1. The highest BCUT2D eigenvalue weighted by Gasteiger charge is 2.20. The highest BCUT2D eigenvalue weighted by atomic mass is 79.9. The van der Waals surface area contributed by atoms with Gasteiger partial charge in [-0.1, -0.05) is 15.9 Å². The normalized spacial score (nSPS) is 10.1. The van der Waals surface area contributed by atoms with E-state index >= 15 is 0 Å². The van der Waals surface area contributed by atoms with Gasteiger partial charge in [-0.25, -0.2) is 0 Å². The number of hydrogen-bond donors (Lipinski definition) is 0. The molecule has 0 radical (unpaired) electrons. The molecule has 0 bridgehead atoms. The van der Waals surface area contributed by atoms with Gasteiger partial charge in [-0.15, -0.1) is 0 Å². The zero-order valence-corrected chi connectivity index (χ0v) is 12.2. The zero-order valence-electron chi connectivity index (χ0n) is 10.6. The highest BCUT2D eigenvalue weighted by molar-refractivity contribution is 9.08. The number of esters is 1. The van der Waals surface area contributed by atoms with Crippen LogP contribution >= 0.6 is 15.9 Å². The first kappa shape index (κ1) is 15.4. The lowest BCUT2D eigenvalue weighted by molar-refractivity contribution is -0.385. The Hall–Kier alpha value is -1.63. The van der Waals surface area contributed by atoms with Crippen LogP contribution in [-0.4, -0.2) is 24.6 Å². The monoisotopic (exact) mass is 331 g/mol. The number of halogens is 1. The van der Waals surface area contributed by atoms with E-state index in [4.69, 9.17) is 9.47 Å². The van der Waals surface area contributed by atoms with Crippen molar-refractivity contribution in [3.63, 3.8) is 0 Å². The summed E-state index contributed by atoms with van der Waals surface area (Å²) in [6.45, 7) is 1.99. The lowest BCUT2D eigenvalue weighted by Crippen LogP contribution is -2.09. The molecule has 0 aliphatic rings. The molecule has 1 aromatic rings. The van der Waals surface area contributed by atoms with Gasteiger partial charge < -0.3 is 9.47 Å². The number of nitro benzene ring substituents is 1. The minimum atomic E-state index is -0.536. The van der Waals surface area contributed by atoms with Gasteiger partial charge in [-0.2, -0.15) is 0 Å². The molecule has 0 heterocycles. The third-order valence-corrected chi connectivity index (χ3v) is 3.09. The molecular formula is C12H14BrNO5. The molecule has 0 atom stereocenters. The average molecular weight is 332 g/mol. The Morgan fingerprint density at radius 3 is 2.58 bits per heavy atom. The summed E-state index contributed by atoms with van der Waals surface area (Å²) in [5, 5.41) is 11.4. The van der Waals surface area contributed by atoms with Gasteiger partial charge in [-0.3, -0.25) is 14.9 Å². The third-order valence-electron chi connectivity index (χ3n) is 2.48. The number of alkyl halides is 1. The van der Waals surface area contributed by atoms with Crippen molar-refractivity contribution in [2.24, 2.45) is 0 Å². The number of ether oxygens (including phenoxy) is 2. The maximum absolute atomic E-state index is 11.5. The van der Waals surface area contributed by atoms with Crippen molar-refractivity contribution in [2.75, 3.05) is 13.7 Å². The summed E-state index contributed by atoms with van der Waals surface area (Å²) in [4.78, 5) is 21.9. The molecule has 1 rings (SSSR count). The second-order valence-corrected chi connectivity index (χ2v) is 4.23. The SMILES string of the molecule is CCOC(=O)Cc1cc([N+](=O)[O-])c(OC)cc1CBr. The van der Waals surface area contributed by atoms with Crippen molar-refractivity contribution < 1.29 is 19.2 Å². The molecule has 19 heavy (non-hydrogen) atoms. The molecule has 0 aromatic heterocycles. The van der Waals surface area contributed by atoms with Crippen LogP contribution in [0.1, 0.15) is 18.1 Å².